The van der Waals surface area contributed by atoms with E-state index in [9.17, 15) is 9.60 Å². The van der Waals surface area contributed by atoms with E-state index in [1.54, 1.807) is 16.9 Å². The lowest BCUT2D eigenvalue weighted by molar-refractivity contribution is 0.296. The van der Waals surface area contributed by atoms with Crippen molar-refractivity contribution in [3.8, 4) is 33.9 Å². The highest BCUT2D eigenvalue weighted by molar-refractivity contribution is 5.76. The summed E-state index contributed by atoms with van der Waals surface area (Å²) >= 11 is 0. The molecule has 0 aliphatic carbocycles. The molecule has 0 amide bonds. The van der Waals surface area contributed by atoms with Crippen LogP contribution in [0.15, 0.2) is 79.0 Å². The summed E-state index contributed by atoms with van der Waals surface area (Å²) in [7, 11) is 1.81. The van der Waals surface area contributed by atoms with E-state index in [0.29, 0.717) is 5.75 Å². The van der Waals surface area contributed by atoms with Crippen molar-refractivity contribution in [1.29, 1.82) is 0 Å². The van der Waals surface area contributed by atoms with Crippen LogP contribution in [0, 0.1) is 11.0 Å². The Labute approximate surface area is 166 Å². The standard InChI is InChI=1S/C22H17FN3O3/c1-25-20(11-12-24-25)18-13-16(15-5-3-2-4-6-15)7-9-21(18)29-22-10-8-17(26(27)28)14-19(22)23/h2-14,27H,1H3/q-1. The minimum atomic E-state index is -0.763. The van der Waals surface area contributed by atoms with Gasteiger partial charge in [0.1, 0.15) is 5.75 Å². The van der Waals surface area contributed by atoms with Gasteiger partial charge in [-0.3, -0.25) is 9.89 Å². The molecule has 6 nitrogen and oxygen atoms in total. The fourth-order valence-corrected chi connectivity index (χ4v) is 3.08. The third-order valence-corrected chi connectivity index (χ3v) is 4.54. The van der Waals surface area contributed by atoms with Gasteiger partial charge < -0.3 is 15.2 Å². The molecule has 4 rings (SSSR count). The number of anilines is 1. The normalized spacial score (nSPS) is 10.8. The van der Waals surface area contributed by atoms with Crippen LogP contribution in [0.5, 0.6) is 11.5 Å². The molecular formula is C22H17FN3O3-. The second kappa shape index (κ2) is 7.75. The van der Waals surface area contributed by atoms with Gasteiger partial charge in [0.15, 0.2) is 11.6 Å². The van der Waals surface area contributed by atoms with Crippen LogP contribution in [-0.2, 0) is 7.05 Å². The van der Waals surface area contributed by atoms with Crippen molar-refractivity contribution in [2.75, 3.05) is 5.23 Å². The van der Waals surface area contributed by atoms with Crippen LogP contribution in [0.2, 0.25) is 0 Å². The highest BCUT2D eigenvalue weighted by Crippen LogP contribution is 2.37. The lowest BCUT2D eigenvalue weighted by Gasteiger charge is -2.22. The van der Waals surface area contributed by atoms with Crippen LogP contribution in [-0.4, -0.2) is 15.0 Å². The molecule has 1 heterocycles. The average Bonchev–Trinajstić information content (AvgIpc) is 3.16. The molecule has 7 heteroatoms. The maximum absolute atomic E-state index is 14.4. The maximum Gasteiger partial charge on any atom is 0.167 e. The van der Waals surface area contributed by atoms with E-state index >= 15 is 0 Å². The first-order valence-electron chi connectivity index (χ1n) is 8.84. The highest BCUT2D eigenvalue weighted by atomic mass is 19.1. The van der Waals surface area contributed by atoms with E-state index in [-0.39, 0.29) is 11.4 Å². The molecule has 0 aliphatic heterocycles. The molecule has 4 aromatic rings. The van der Waals surface area contributed by atoms with Crippen LogP contribution < -0.4 is 9.96 Å². The number of aryl methyl sites for hydroxylation is 1. The molecule has 0 spiro atoms. The fourth-order valence-electron chi connectivity index (χ4n) is 3.08. The predicted molar refractivity (Wildman–Crippen MR) is 108 cm³/mol. The van der Waals surface area contributed by atoms with Crippen molar-refractivity contribution in [2.45, 2.75) is 0 Å². The van der Waals surface area contributed by atoms with Crippen LogP contribution >= 0.6 is 0 Å². The SMILES string of the molecule is Cn1nccc1-c1cc(-c2ccccc2)ccc1Oc1ccc(N([O-])O)cc1F. The molecule has 3 aromatic carbocycles. The largest absolute Gasteiger partial charge is 0.733 e. The minimum absolute atomic E-state index is 0.0634. The summed E-state index contributed by atoms with van der Waals surface area (Å²) in [5.74, 6) is -0.394. The summed E-state index contributed by atoms with van der Waals surface area (Å²) in [6.07, 6.45) is 1.67. The zero-order valence-electron chi connectivity index (χ0n) is 15.5. The lowest BCUT2D eigenvalue weighted by atomic mass is 10.0. The topological polar surface area (TPSA) is 73.6 Å². The number of halogens is 1. The van der Waals surface area contributed by atoms with Crippen molar-refractivity contribution in [3.05, 3.63) is 90.0 Å². The van der Waals surface area contributed by atoms with Gasteiger partial charge in [0.25, 0.3) is 0 Å². The smallest absolute Gasteiger partial charge is 0.167 e. The van der Waals surface area contributed by atoms with Gasteiger partial charge in [0.05, 0.1) is 11.4 Å². The van der Waals surface area contributed by atoms with Crippen molar-refractivity contribution in [2.24, 2.45) is 7.05 Å². The number of nitrogens with zero attached hydrogens (tertiary/aromatic N) is 3. The fraction of sp³-hybridized carbons (Fsp3) is 0.0455. The quantitative estimate of drug-likeness (QED) is 0.463. The summed E-state index contributed by atoms with van der Waals surface area (Å²) in [6.45, 7) is 0. The second-order valence-corrected chi connectivity index (χ2v) is 6.41. The van der Waals surface area contributed by atoms with Crippen molar-refractivity contribution >= 4 is 5.69 Å². The van der Waals surface area contributed by atoms with E-state index in [1.807, 2.05) is 55.6 Å². The Hall–Kier alpha value is -3.68. The second-order valence-electron chi connectivity index (χ2n) is 6.41. The molecule has 0 bridgehead atoms. The first-order valence-corrected chi connectivity index (χ1v) is 8.84. The third-order valence-electron chi connectivity index (χ3n) is 4.54. The Balaban J connectivity index is 1.78. The molecule has 0 fully saturated rings. The van der Waals surface area contributed by atoms with Crippen LogP contribution in [0.3, 0.4) is 0 Å². The Bertz CT molecular complexity index is 1140. The lowest BCUT2D eigenvalue weighted by Crippen LogP contribution is -2.07. The molecule has 0 saturated carbocycles. The van der Waals surface area contributed by atoms with Gasteiger partial charge in [-0.2, -0.15) is 5.10 Å². The summed E-state index contributed by atoms with van der Waals surface area (Å²) in [4.78, 5) is 0. The van der Waals surface area contributed by atoms with Crippen molar-refractivity contribution in [1.82, 2.24) is 9.78 Å². The number of aromatic nitrogens is 2. The zero-order valence-corrected chi connectivity index (χ0v) is 15.5. The summed E-state index contributed by atoms with van der Waals surface area (Å²) in [6, 6.07) is 20.8. The van der Waals surface area contributed by atoms with E-state index < -0.39 is 11.0 Å². The number of ether oxygens (including phenoxy) is 1. The minimum Gasteiger partial charge on any atom is -0.733 e. The van der Waals surface area contributed by atoms with Crippen LogP contribution in [0.25, 0.3) is 22.4 Å². The molecule has 0 unspecified atom stereocenters. The molecule has 0 aliphatic rings. The van der Waals surface area contributed by atoms with Gasteiger partial charge in [-0.05, 0) is 41.5 Å². The van der Waals surface area contributed by atoms with Crippen molar-refractivity contribution < 1.29 is 14.3 Å². The summed E-state index contributed by atoms with van der Waals surface area (Å²) in [5.41, 5.74) is 3.34. The Kier molecular flexibility index (Phi) is 4.99. The first kappa shape index (κ1) is 18.7. The van der Waals surface area contributed by atoms with E-state index in [4.69, 9.17) is 9.94 Å². The van der Waals surface area contributed by atoms with Gasteiger partial charge in [-0.15, -0.1) is 0 Å². The maximum atomic E-state index is 14.4. The highest BCUT2D eigenvalue weighted by Gasteiger charge is 2.15. The Morgan fingerprint density at radius 2 is 1.72 bits per heavy atom. The van der Waals surface area contributed by atoms with Gasteiger partial charge in [-0.1, -0.05) is 36.4 Å². The molecule has 29 heavy (non-hydrogen) atoms. The number of benzene rings is 3. The molecule has 0 radical (unpaired) electrons. The molecular weight excluding hydrogens is 373 g/mol. The van der Waals surface area contributed by atoms with Crippen molar-refractivity contribution in [3.63, 3.8) is 0 Å². The predicted octanol–water partition coefficient (Wildman–Crippen LogP) is 5.38. The van der Waals surface area contributed by atoms with E-state index in [2.05, 4.69) is 5.10 Å². The van der Waals surface area contributed by atoms with Gasteiger partial charge >= 0.3 is 0 Å². The Morgan fingerprint density at radius 1 is 0.966 bits per heavy atom. The zero-order chi connectivity index (χ0) is 20.4. The first-order chi connectivity index (χ1) is 14.0. The van der Waals surface area contributed by atoms with Crippen LogP contribution in [0.4, 0.5) is 10.1 Å². The molecule has 0 atom stereocenters. The molecule has 1 aromatic heterocycles. The van der Waals surface area contributed by atoms with Crippen LogP contribution in [0.1, 0.15) is 0 Å². The molecule has 1 N–H and O–H groups in total. The number of rotatable bonds is 5. The van der Waals surface area contributed by atoms with Gasteiger partial charge in [0, 0.05) is 24.9 Å². The summed E-state index contributed by atoms with van der Waals surface area (Å²) < 4.78 is 21.9. The monoisotopic (exact) mass is 390 g/mol. The van der Waals surface area contributed by atoms with E-state index in [0.717, 1.165) is 28.5 Å². The average molecular weight is 390 g/mol. The molecule has 0 saturated heterocycles. The summed E-state index contributed by atoms with van der Waals surface area (Å²) in [5, 5.41) is 23.7. The number of hydrogen-bond acceptors (Lipinski definition) is 5. The third kappa shape index (κ3) is 3.82. The Morgan fingerprint density at radius 3 is 2.38 bits per heavy atom. The number of hydrogen-bond donors (Lipinski definition) is 1. The van der Waals surface area contributed by atoms with Gasteiger partial charge in [-0.25, -0.2) is 4.39 Å². The van der Waals surface area contributed by atoms with Gasteiger partial charge in [0.2, 0.25) is 0 Å². The molecule has 146 valence electrons. The van der Waals surface area contributed by atoms with E-state index in [1.165, 1.54) is 12.1 Å².